The van der Waals surface area contributed by atoms with Crippen molar-refractivity contribution in [2.45, 2.75) is 0 Å². The van der Waals surface area contributed by atoms with Gasteiger partial charge in [0.15, 0.2) is 11.5 Å². The van der Waals surface area contributed by atoms with Crippen LogP contribution in [0.4, 0.5) is 0 Å². The van der Waals surface area contributed by atoms with Gasteiger partial charge in [-0.25, -0.2) is 4.79 Å². The molecule has 5 nitrogen and oxygen atoms in total. The van der Waals surface area contributed by atoms with E-state index >= 15 is 0 Å². The standard InChI is InChI=1S/C10H8O5/c1-14-7-4-6-5(9(12)10(7)13)2-3-8(11)15-6/h2-4,12-13H,1H3. The first-order valence-corrected chi connectivity index (χ1v) is 4.16. The van der Waals surface area contributed by atoms with Crippen molar-refractivity contribution < 1.29 is 19.4 Å². The van der Waals surface area contributed by atoms with Gasteiger partial charge in [-0.3, -0.25) is 0 Å². The van der Waals surface area contributed by atoms with E-state index in [0.717, 1.165) is 6.07 Å². The third kappa shape index (κ3) is 1.38. The fraction of sp³-hybridized carbons (Fsp3) is 0.100. The summed E-state index contributed by atoms with van der Waals surface area (Å²) in [6.07, 6.45) is 0. The molecule has 0 radical (unpaired) electrons. The van der Waals surface area contributed by atoms with Crippen LogP contribution in [0, 0.1) is 0 Å². The Morgan fingerprint density at radius 2 is 2.00 bits per heavy atom. The van der Waals surface area contributed by atoms with Gasteiger partial charge in [-0.15, -0.1) is 0 Å². The molecule has 2 aromatic rings. The van der Waals surface area contributed by atoms with Crippen LogP contribution >= 0.6 is 0 Å². The Kier molecular flexibility index (Phi) is 2.00. The van der Waals surface area contributed by atoms with Crippen molar-refractivity contribution in [3.05, 3.63) is 28.6 Å². The van der Waals surface area contributed by atoms with E-state index < -0.39 is 5.63 Å². The SMILES string of the molecule is COc1cc2oc(=O)ccc2c(O)c1O. The maximum Gasteiger partial charge on any atom is 0.336 e. The van der Waals surface area contributed by atoms with E-state index in [9.17, 15) is 15.0 Å². The first kappa shape index (κ1) is 9.39. The van der Waals surface area contributed by atoms with Gasteiger partial charge in [-0.05, 0) is 6.07 Å². The second-order valence-corrected chi connectivity index (χ2v) is 2.94. The van der Waals surface area contributed by atoms with Crippen molar-refractivity contribution in [1.29, 1.82) is 0 Å². The molecule has 0 saturated carbocycles. The zero-order valence-corrected chi connectivity index (χ0v) is 7.85. The van der Waals surface area contributed by atoms with Crippen molar-refractivity contribution in [1.82, 2.24) is 0 Å². The van der Waals surface area contributed by atoms with Crippen LogP contribution in [0.3, 0.4) is 0 Å². The molecule has 2 rings (SSSR count). The highest BCUT2D eigenvalue weighted by Gasteiger charge is 2.13. The zero-order chi connectivity index (χ0) is 11.0. The molecule has 0 amide bonds. The molecule has 78 valence electrons. The predicted molar refractivity (Wildman–Crippen MR) is 52.4 cm³/mol. The van der Waals surface area contributed by atoms with Gasteiger partial charge < -0.3 is 19.4 Å². The van der Waals surface area contributed by atoms with Crippen LogP contribution < -0.4 is 10.4 Å². The van der Waals surface area contributed by atoms with Crippen LogP contribution in [0.25, 0.3) is 11.0 Å². The van der Waals surface area contributed by atoms with Crippen LogP contribution in [-0.4, -0.2) is 17.3 Å². The van der Waals surface area contributed by atoms with Gasteiger partial charge >= 0.3 is 5.63 Å². The lowest BCUT2D eigenvalue weighted by atomic mass is 10.2. The number of ether oxygens (including phenoxy) is 1. The first-order valence-electron chi connectivity index (χ1n) is 4.16. The molecule has 0 spiro atoms. The van der Waals surface area contributed by atoms with Crippen LogP contribution in [0.5, 0.6) is 17.2 Å². The highest BCUT2D eigenvalue weighted by atomic mass is 16.5. The summed E-state index contributed by atoms with van der Waals surface area (Å²) in [6, 6.07) is 3.87. The van der Waals surface area contributed by atoms with Crippen molar-refractivity contribution in [3.8, 4) is 17.2 Å². The predicted octanol–water partition coefficient (Wildman–Crippen LogP) is 1.21. The fourth-order valence-electron chi connectivity index (χ4n) is 1.32. The molecule has 0 fully saturated rings. The Balaban J connectivity index is 2.90. The number of hydrogen-bond acceptors (Lipinski definition) is 5. The summed E-state index contributed by atoms with van der Waals surface area (Å²) in [5.74, 6) is -0.693. The molecule has 1 aromatic heterocycles. The number of benzene rings is 1. The molecule has 2 N–H and O–H groups in total. The number of hydrogen-bond donors (Lipinski definition) is 2. The molecule has 5 heteroatoms. The Labute approximate surface area is 84.1 Å². The molecule has 0 aliphatic carbocycles. The minimum atomic E-state index is -0.533. The van der Waals surface area contributed by atoms with Gasteiger partial charge in [0.2, 0.25) is 5.75 Å². The second-order valence-electron chi connectivity index (χ2n) is 2.94. The highest BCUT2D eigenvalue weighted by molar-refractivity contribution is 5.88. The van der Waals surface area contributed by atoms with Gasteiger partial charge in [-0.2, -0.15) is 0 Å². The van der Waals surface area contributed by atoms with Crippen LogP contribution in [0.15, 0.2) is 27.4 Å². The van der Waals surface area contributed by atoms with Crippen molar-refractivity contribution in [2.24, 2.45) is 0 Å². The van der Waals surface area contributed by atoms with E-state index in [-0.39, 0.29) is 28.2 Å². The molecule has 1 aromatic carbocycles. The van der Waals surface area contributed by atoms with E-state index in [1.807, 2.05) is 0 Å². The van der Waals surface area contributed by atoms with Crippen LogP contribution in [0.2, 0.25) is 0 Å². The lowest BCUT2D eigenvalue weighted by Crippen LogP contribution is -1.95. The van der Waals surface area contributed by atoms with Crippen LogP contribution in [-0.2, 0) is 0 Å². The second kappa shape index (κ2) is 3.20. The Morgan fingerprint density at radius 1 is 1.27 bits per heavy atom. The number of methoxy groups -OCH3 is 1. The van der Waals surface area contributed by atoms with Crippen molar-refractivity contribution in [3.63, 3.8) is 0 Å². The quantitative estimate of drug-likeness (QED) is 0.544. The zero-order valence-electron chi connectivity index (χ0n) is 7.85. The number of fused-ring (bicyclic) bond motifs is 1. The summed E-state index contributed by atoms with van der Waals surface area (Å²) in [5.41, 5.74) is -0.371. The van der Waals surface area contributed by atoms with Crippen molar-refractivity contribution in [2.75, 3.05) is 7.11 Å². The highest BCUT2D eigenvalue weighted by Crippen LogP contribution is 2.40. The Bertz CT molecular complexity index is 570. The molecule has 1 heterocycles. The Morgan fingerprint density at radius 3 is 2.67 bits per heavy atom. The summed E-state index contributed by atoms with van der Waals surface area (Å²) in [5, 5.41) is 19.3. The van der Waals surface area contributed by atoms with E-state index in [1.54, 1.807) is 0 Å². The van der Waals surface area contributed by atoms with Crippen molar-refractivity contribution >= 4 is 11.0 Å². The molecule has 0 saturated heterocycles. The molecule has 0 unspecified atom stereocenters. The van der Waals surface area contributed by atoms with E-state index in [1.165, 1.54) is 19.2 Å². The van der Waals surface area contributed by atoms with Crippen LogP contribution in [0.1, 0.15) is 0 Å². The molecule has 0 atom stereocenters. The summed E-state index contributed by atoms with van der Waals surface area (Å²) in [6.45, 7) is 0. The first-order chi connectivity index (χ1) is 7.13. The normalized spacial score (nSPS) is 10.5. The monoisotopic (exact) mass is 208 g/mol. The average molecular weight is 208 g/mol. The largest absolute Gasteiger partial charge is 0.504 e. The summed E-state index contributed by atoms with van der Waals surface area (Å²) >= 11 is 0. The molecule has 0 aliphatic heterocycles. The molecule has 0 aliphatic rings. The van der Waals surface area contributed by atoms with Gasteiger partial charge in [0, 0.05) is 12.1 Å². The summed E-state index contributed by atoms with van der Waals surface area (Å²) in [4.78, 5) is 10.9. The number of phenols is 2. The van der Waals surface area contributed by atoms with Gasteiger partial charge in [0.1, 0.15) is 5.58 Å². The third-order valence-electron chi connectivity index (χ3n) is 2.06. The number of phenolic OH excluding ortho intramolecular Hbond substituents is 2. The molecular formula is C10H8O5. The summed E-state index contributed by atoms with van der Waals surface area (Å²) in [7, 11) is 1.33. The molecule has 15 heavy (non-hydrogen) atoms. The number of aromatic hydroxyl groups is 2. The maximum absolute atomic E-state index is 10.9. The minimum Gasteiger partial charge on any atom is -0.504 e. The average Bonchev–Trinajstić information content (AvgIpc) is 2.23. The van der Waals surface area contributed by atoms with E-state index in [2.05, 4.69) is 0 Å². The number of rotatable bonds is 1. The van der Waals surface area contributed by atoms with E-state index in [4.69, 9.17) is 9.15 Å². The Hall–Kier alpha value is -2.17. The van der Waals surface area contributed by atoms with Gasteiger partial charge in [-0.1, -0.05) is 0 Å². The molecular weight excluding hydrogens is 200 g/mol. The molecule has 0 bridgehead atoms. The lowest BCUT2D eigenvalue weighted by molar-refractivity contribution is 0.352. The van der Waals surface area contributed by atoms with Gasteiger partial charge in [0.05, 0.1) is 12.5 Å². The lowest BCUT2D eigenvalue weighted by Gasteiger charge is -2.06. The fourth-order valence-corrected chi connectivity index (χ4v) is 1.32. The third-order valence-corrected chi connectivity index (χ3v) is 2.06. The smallest absolute Gasteiger partial charge is 0.336 e. The maximum atomic E-state index is 10.9. The van der Waals surface area contributed by atoms with E-state index in [0.29, 0.717) is 0 Å². The minimum absolute atomic E-state index is 0.0503. The summed E-state index contributed by atoms with van der Waals surface area (Å²) < 4.78 is 9.64. The topological polar surface area (TPSA) is 79.9 Å². The van der Waals surface area contributed by atoms with Gasteiger partial charge in [0.25, 0.3) is 0 Å².